The average molecular weight is 363 g/mol. The van der Waals surface area contributed by atoms with Gasteiger partial charge in [0.25, 0.3) is 11.6 Å². The SMILES string of the molecule is O=C(NCc1cccc([N+](=O)[O-])c1)c1cccnc1NCc1ccncc1. The first-order valence-electron chi connectivity index (χ1n) is 8.23. The van der Waals surface area contributed by atoms with Gasteiger partial charge in [-0.2, -0.15) is 0 Å². The van der Waals surface area contributed by atoms with Gasteiger partial charge in [-0.25, -0.2) is 4.98 Å². The second kappa shape index (κ2) is 8.52. The Kier molecular flexibility index (Phi) is 5.68. The Hall–Kier alpha value is -3.81. The molecule has 0 aliphatic carbocycles. The number of non-ortho nitro benzene ring substituents is 1. The molecule has 8 heteroatoms. The maximum Gasteiger partial charge on any atom is 0.269 e. The number of benzene rings is 1. The van der Waals surface area contributed by atoms with E-state index < -0.39 is 4.92 Å². The minimum Gasteiger partial charge on any atom is -0.365 e. The van der Waals surface area contributed by atoms with Gasteiger partial charge < -0.3 is 10.6 Å². The van der Waals surface area contributed by atoms with Crippen molar-refractivity contribution in [2.75, 3.05) is 5.32 Å². The van der Waals surface area contributed by atoms with Crippen molar-refractivity contribution in [3.63, 3.8) is 0 Å². The highest BCUT2D eigenvalue weighted by Gasteiger charge is 2.13. The van der Waals surface area contributed by atoms with E-state index in [0.717, 1.165) is 5.56 Å². The molecule has 0 fully saturated rings. The molecule has 27 heavy (non-hydrogen) atoms. The molecule has 1 aromatic carbocycles. The molecule has 2 N–H and O–H groups in total. The maximum absolute atomic E-state index is 12.5. The van der Waals surface area contributed by atoms with E-state index >= 15 is 0 Å². The van der Waals surface area contributed by atoms with Gasteiger partial charge in [0.15, 0.2) is 0 Å². The number of nitro benzene ring substituents is 1. The molecule has 0 aliphatic heterocycles. The van der Waals surface area contributed by atoms with E-state index in [1.165, 1.54) is 12.1 Å². The molecule has 2 aromatic heterocycles. The molecule has 0 bridgehead atoms. The summed E-state index contributed by atoms with van der Waals surface area (Å²) in [7, 11) is 0. The molecule has 3 aromatic rings. The third-order valence-electron chi connectivity index (χ3n) is 3.84. The van der Waals surface area contributed by atoms with Crippen molar-refractivity contribution in [1.29, 1.82) is 0 Å². The third kappa shape index (κ3) is 4.85. The number of nitrogens with zero attached hydrogens (tertiary/aromatic N) is 3. The van der Waals surface area contributed by atoms with Crippen molar-refractivity contribution in [3.05, 3.63) is 93.9 Å². The van der Waals surface area contributed by atoms with Crippen LogP contribution in [0.3, 0.4) is 0 Å². The Morgan fingerprint density at radius 2 is 1.81 bits per heavy atom. The zero-order valence-electron chi connectivity index (χ0n) is 14.3. The Labute approximate surface area is 155 Å². The summed E-state index contributed by atoms with van der Waals surface area (Å²) in [6.45, 7) is 0.684. The molecule has 136 valence electrons. The molecule has 1 amide bonds. The molecule has 3 rings (SSSR count). The standard InChI is InChI=1S/C19H17N5O3/c25-19(23-13-15-3-1-4-16(11-15)24(26)27)17-5-2-8-21-18(17)22-12-14-6-9-20-10-7-14/h1-11H,12-13H2,(H,21,22)(H,23,25). The quantitative estimate of drug-likeness (QED) is 0.493. The van der Waals surface area contributed by atoms with Crippen LogP contribution in [-0.2, 0) is 13.1 Å². The summed E-state index contributed by atoms with van der Waals surface area (Å²) in [5.74, 6) is 0.151. The second-order valence-electron chi connectivity index (χ2n) is 5.72. The minimum absolute atomic E-state index is 0.0113. The molecule has 0 radical (unpaired) electrons. The van der Waals surface area contributed by atoms with Crippen molar-refractivity contribution >= 4 is 17.4 Å². The normalized spacial score (nSPS) is 10.2. The number of nitrogens with one attached hydrogen (secondary N) is 2. The lowest BCUT2D eigenvalue weighted by molar-refractivity contribution is -0.384. The van der Waals surface area contributed by atoms with E-state index in [4.69, 9.17) is 0 Å². The summed E-state index contributed by atoms with van der Waals surface area (Å²) in [6.07, 6.45) is 5.00. The summed E-state index contributed by atoms with van der Waals surface area (Å²) < 4.78 is 0. The van der Waals surface area contributed by atoms with Gasteiger partial charge in [-0.05, 0) is 35.4 Å². The average Bonchev–Trinajstić information content (AvgIpc) is 2.71. The lowest BCUT2D eigenvalue weighted by Crippen LogP contribution is -2.24. The predicted molar refractivity (Wildman–Crippen MR) is 100 cm³/mol. The van der Waals surface area contributed by atoms with Gasteiger partial charge in [0.1, 0.15) is 5.82 Å². The van der Waals surface area contributed by atoms with Gasteiger partial charge in [-0.15, -0.1) is 0 Å². The Bertz CT molecular complexity index is 947. The van der Waals surface area contributed by atoms with Crippen LogP contribution in [0.25, 0.3) is 0 Å². The topological polar surface area (TPSA) is 110 Å². The van der Waals surface area contributed by atoms with E-state index in [1.54, 1.807) is 42.9 Å². The highest BCUT2D eigenvalue weighted by atomic mass is 16.6. The number of pyridine rings is 2. The zero-order valence-corrected chi connectivity index (χ0v) is 14.3. The Morgan fingerprint density at radius 3 is 2.59 bits per heavy atom. The summed E-state index contributed by atoms with van der Waals surface area (Å²) in [5, 5.41) is 16.8. The minimum atomic E-state index is -0.465. The number of nitro groups is 1. The number of amides is 1. The molecule has 0 saturated heterocycles. The van der Waals surface area contributed by atoms with Crippen molar-refractivity contribution in [3.8, 4) is 0 Å². The first kappa shape index (κ1) is 18.0. The van der Waals surface area contributed by atoms with Crippen molar-refractivity contribution < 1.29 is 9.72 Å². The first-order valence-corrected chi connectivity index (χ1v) is 8.23. The van der Waals surface area contributed by atoms with Crippen molar-refractivity contribution in [2.45, 2.75) is 13.1 Å². The van der Waals surface area contributed by atoms with Gasteiger partial charge in [0.05, 0.1) is 10.5 Å². The lowest BCUT2D eigenvalue weighted by atomic mass is 10.2. The van der Waals surface area contributed by atoms with Crippen molar-refractivity contribution in [1.82, 2.24) is 15.3 Å². The van der Waals surface area contributed by atoms with Crippen LogP contribution in [0.2, 0.25) is 0 Å². The summed E-state index contributed by atoms with van der Waals surface area (Å²) in [5.41, 5.74) is 2.05. The summed E-state index contributed by atoms with van der Waals surface area (Å²) in [6, 6.07) is 13.3. The molecule has 0 spiro atoms. The van der Waals surface area contributed by atoms with E-state index in [1.807, 2.05) is 12.1 Å². The van der Waals surface area contributed by atoms with E-state index in [0.29, 0.717) is 23.5 Å². The first-order chi connectivity index (χ1) is 13.1. The highest BCUT2D eigenvalue weighted by molar-refractivity contribution is 5.98. The second-order valence-corrected chi connectivity index (χ2v) is 5.72. The van der Waals surface area contributed by atoms with Crippen LogP contribution < -0.4 is 10.6 Å². The Balaban J connectivity index is 1.66. The fraction of sp³-hybridized carbons (Fsp3) is 0.105. The lowest BCUT2D eigenvalue weighted by Gasteiger charge is -2.11. The molecule has 0 aliphatic rings. The number of carbonyl (C=O) groups is 1. The fourth-order valence-corrected chi connectivity index (χ4v) is 2.47. The van der Waals surface area contributed by atoms with Gasteiger partial charge >= 0.3 is 0 Å². The van der Waals surface area contributed by atoms with E-state index in [9.17, 15) is 14.9 Å². The number of carbonyl (C=O) groups excluding carboxylic acids is 1. The number of hydrogen-bond donors (Lipinski definition) is 2. The van der Waals surface area contributed by atoms with E-state index in [2.05, 4.69) is 20.6 Å². The number of aromatic nitrogens is 2. The van der Waals surface area contributed by atoms with Crippen molar-refractivity contribution in [2.24, 2.45) is 0 Å². The summed E-state index contributed by atoms with van der Waals surface area (Å²) >= 11 is 0. The maximum atomic E-state index is 12.5. The molecular formula is C19H17N5O3. The number of rotatable bonds is 7. The number of hydrogen-bond acceptors (Lipinski definition) is 6. The molecule has 0 saturated carbocycles. The molecule has 0 atom stereocenters. The van der Waals surface area contributed by atoms with Crippen LogP contribution in [0.1, 0.15) is 21.5 Å². The van der Waals surface area contributed by atoms with Crippen LogP contribution in [0, 0.1) is 10.1 Å². The largest absolute Gasteiger partial charge is 0.365 e. The molecular weight excluding hydrogens is 346 g/mol. The van der Waals surface area contributed by atoms with Gasteiger partial charge in [0.2, 0.25) is 0 Å². The molecule has 2 heterocycles. The van der Waals surface area contributed by atoms with Gasteiger partial charge in [-0.3, -0.25) is 19.9 Å². The highest BCUT2D eigenvalue weighted by Crippen LogP contribution is 2.15. The summed E-state index contributed by atoms with van der Waals surface area (Å²) in [4.78, 5) is 31.1. The zero-order chi connectivity index (χ0) is 19.1. The Morgan fingerprint density at radius 1 is 1.00 bits per heavy atom. The van der Waals surface area contributed by atoms with Crippen LogP contribution in [0.4, 0.5) is 11.5 Å². The fourth-order valence-electron chi connectivity index (χ4n) is 2.47. The van der Waals surface area contributed by atoms with Gasteiger partial charge in [0, 0.05) is 43.8 Å². The van der Waals surface area contributed by atoms with Crippen LogP contribution in [0.5, 0.6) is 0 Å². The van der Waals surface area contributed by atoms with Crippen LogP contribution >= 0.6 is 0 Å². The number of anilines is 1. The van der Waals surface area contributed by atoms with Crippen LogP contribution in [-0.4, -0.2) is 20.8 Å². The molecule has 8 nitrogen and oxygen atoms in total. The van der Waals surface area contributed by atoms with Gasteiger partial charge in [-0.1, -0.05) is 12.1 Å². The van der Waals surface area contributed by atoms with Crippen LogP contribution in [0.15, 0.2) is 67.1 Å². The predicted octanol–water partition coefficient (Wildman–Crippen LogP) is 2.93. The van der Waals surface area contributed by atoms with E-state index in [-0.39, 0.29) is 18.1 Å². The smallest absolute Gasteiger partial charge is 0.269 e. The monoisotopic (exact) mass is 363 g/mol. The third-order valence-corrected chi connectivity index (χ3v) is 3.84. The molecule has 0 unspecified atom stereocenters.